The predicted molar refractivity (Wildman–Crippen MR) is 136 cm³/mol. The van der Waals surface area contributed by atoms with Crippen molar-refractivity contribution in [1.82, 2.24) is 4.90 Å². The number of hydrogen-bond acceptors (Lipinski definition) is 4. The van der Waals surface area contributed by atoms with E-state index in [9.17, 15) is 14.0 Å². The summed E-state index contributed by atoms with van der Waals surface area (Å²) >= 11 is 6.51. The lowest BCUT2D eigenvalue weighted by Crippen LogP contribution is -2.27. The summed E-state index contributed by atoms with van der Waals surface area (Å²) in [6.45, 7) is 0.563. The molecule has 4 rings (SSSR count). The van der Waals surface area contributed by atoms with Crippen LogP contribution >= 0.6 is 50.3 Å². The van der Waals surface area contributed by atoms with E-state index in [1.165, 1.54) is 17.0 Å². The average Bonchev–Trinajstić information content (AvgIpc) is 3.03. The second-order valence-electron chi connectivity index (χ2n) is 7.00. The molecule has 1 saturated heterocycles. The Balaban J connectivity index is 1.44. The molecule has 1 aliphatic rings. The van der Waals surface area contributed by atoms with Gasteiger partial charge in [-0.3, -0.25) is 14.5 Å². The molecule has 1 aliphatic heterocycles. The Labute approximate surface area is 211 Å². The lowest BCUT2D eigenvalue weighted by molar-refractivity contribution is -0.123. The van der Waals surface area contributed by atoms with Crippen LogP contribution in [-0.4, -0.2) is 16.0 Å². The molecule has 8 heteroatoms. The van der Waals surface area contributed by atoms with E-state index in [1.54, 1.807) is 18.2 Å². The van der Waals surface area contributed by atoms with Gasteiger partial charge in [0.1, 0.15) is 18.2 Å². The molecule has 0 saturated carbocycles. The van der Waals surface area contributed by atoms with Gasteiger partial charge in [-0.15, -0.1) is 0 Å². The fourth-order valence-electron chi connectivity index (χ4n) is 3.03. The van der Waals surface area contributed by atoms with E-state index in [4.69, 9.17) is 4.74 Å². The van der Waals surface area contributed by atoms with E-state index in [2.05, 4.69) is 38.5 Å². The third-order valence-electron chi connectivity index (χ3n) is 4.69. The Morgan fingerprint density at radius 3 is 2.38 bits per heavy atom. The Bertz CT molecular complexity index is 1200. The second-order valence-corrected chi connectivity index (χ2v) is 10.1. The summed E-state index contributed by atoms with van der Waals surface area (Å²) in [7, 11) is 0. The van der Waals surface area contributed by atoms with Crippen LogP contribution in [0.2, 0.25) is 0 Å². The van der Waals surface area contributed by atoms with Crippen LogP contribution in [0.15, 0.2) is 76.1 Å². The number of ether oxygens (including phenoxy) is 1. The summed E-state index contributed by atoms with van der Waals surface area (Å²) in [6.07, 6.45) is 1.70. The number of carbonyl (C=O) groups is 2. The molecule has 4 nitrogen and oxygen atoms in total. The molecule has 0 bridgehead atoms. The minimum Gasteiger partial charge on any atom is -0.488 e. The highest BCUT2D eigenvalue weighted by Crippen LogP contribution is 2.34. The normalized spacial score (nSPS) is 15.0. The van der Waals surface area contributed by atoms with Crippen LogP contribution in [0.5, 0.6) is 5.75 Å². The third kappa shape index (κ3) is 5.60. The molecule has 0 aliphatic carbocycles. The quantitative estimate of drug-likeness (QED) is 0.219. The fraction of sp³-hybridized carbons (Fsp3) is 0.0833. The summed E-state index contributed by atoms with van der Waals surface area (Å²) in [6, 6.07) is 19.3. The number of nitrogens with zero attached hydrogens (tertiary/aromatic N) is 1. The van der Waals surface area contributed by atoms with Crippen molar-refractivity contribution in [2.24, 2.45) is 0 Å². The number of imide groups is 1. The maximum atomic E-state index is 13.1. The predicted octanol–water partition coefficient (Wildman–Crippen LogP) is 7.01. The number of benzene rings is 3. The first-order valence-corrected chi connectivity index (χ1v) is 12.2. The maximum absolute atomic E-state index is 13.1. The Morgan fingerprint density at radius 1 is 1.00 bits per heavy atom. The highest BCUT2D eigenvalue weighted by molar-refractivity contribution is 14.1. The van der Waals surface area contributed by atoms with Crippen molar-refractivity contribution < 1.29 is 18.7 Å². The van der Waals surface area contributed by atoms with Gasteiger partial charge in [0, 0.05) is 4.47 Å². The zero-order valence-electron chi connectivity index (χ0n) is 16.6. The van der Waals surface area contributed by atoms with Gasteiger partial charge in [-0.2, -0.15) is 0 Å². The van der Waals surface area contributed by atoms with Gasteiger partial charge < -0.3 is 4.74 Å². The highest BCUT2D eigenvalue weighted by atomic mass is 127. The van der Waals surface area contributed by atoms with E-state index < -0.39 is 0 Å². The fourth-order valence-corrected chi connectivity index (χ4v) is 4.82. The van der Waals surface area contributed by atoms with Gasteiger partial charge in [-0.05, 0) is 93.5 Å². The molecule has 162 valence electrons. The zero-order chi connectivity index (χ0) is 22.7. The summed E-state index contributed by atoms with van der Waals surface area (Å²) < 4.78 is 20.9. The van der Waals surface area contributed by atoms with Gasteiger partial charge in [-0.25, -0.2) is 4.39 Å². The smallest absolute Gasteiger partial charge is 0.293 e. The average molecular weight is 624 g/mol. The lowest BCUT2D eigenvalue weighted by Gasteiger charge is -2.12. The van der Waals surface area contributed by atoms with Gasteiger partial charge in [0.2, 0.25) is 0 Å². The van der Waals surface area contributed by atoms with E-state index in [1.807, 2.05) is 42.5 Å². The summed E-state index contributed by atoms with van der Waals surface area (Å²) in [5.74, 6) is 0.0339. The Kier molecular flexibility index (Phi) is 7.32. The standard InChI is InChI=1S/C24H16BrFINO3S/c25-18-6-1-16(2-7-18)14-31-21-10-5-17(11-20(21)27)12-22-23(29)28(24(30)32-22)13-15-3-8-19(26)9-4-15/h1-12H,13-14H2/b22-12-. The first-order valence-electron chi connectivity index (χ1n) is 9.55. The van der Waals surface area contributed by atoms with Crippen LogP contribution in [0.4, 0.5) is 9.18 Å². The Morgan fingerprint density at radius 2 is 1.69 bits per heavy atom. The molecule has 0 N–H and O–H groups in total. The van der Waals surface area contributed by atoms with E-state index >= 15 is 0 Å². The summed E-state index contributed by atoms with van der Waals surface area (Å²) in [5.41, 5.74) is 2.55. The van der Waals surface area contributed by atoms with E-state index in [0.717, 1.165) is 36.7 Å². The lowest BCUT2D eigenvalue weighted by atomic mass is 10.2. The van der Waals surface area contributed by atoms with Crippen molar-refractivity contribution in [3.63, 3.8) is 0 Å². The molecular weight excluding hydrogens is 608 g/mol. The van der Waals surface area contributed by atoms with Crippen LogP contribution in [-0.2, 0) is 17.9 Å². The number of halogens is 3. The molecule has 0 aromatic heterocycles. The SMILES string of the molecule is O=C1S/C(=C\c2ccc(OCc3ccc(Br)cc3)c(I)c2)C(=O)N1Cc1ccc(F)cc1. The molecule has 1 fully saturated rings. The maximum Gasteiger partial charge on any atom is 0.293 e. The molecule has 32 heavy (non-hydrogen) atoms. The van der Waals surface area contributed by atoms with Crippen molar-refractivity contribution in [2.75, 3.05) is 0 Å². The molecule has 0 spiro atoms. The molecule has 1 heterocycles. The van der Waals surface area contributed by atoms with Crippen LogP contribution in [0.25, 0.3) is 6.08 Å². The minimum atomic E-state index is -0.360. The second kappa shape index (κ2) is 10.2. The number of amides is 2. The molecular formula is C24H16BrFINO3S. The highest BCUT2D eigenvalue weighted by Gasteiger charge is 2.35. The minimum absolute atomic E-state index is 0.114. The number of thioether (sulfide) groups is 1. The van der Waals surface area contributed by atoms with Gasteiger partial charge in [0.05, 0.1) is 15.0 Å². The molecule has 3 aromatic rings. The van der Waals surface area contributed by atoms with Gasteiger partial charge in [0.15, 0.2) is 0 Å². The van der Waals surface area contributed by atoms with Gasteiger partial charge in [0.25, 0.3) is 11.1 Å². The summed E-state index contributed by atoms with van der Waals surface area (Å²) in [4.78, 5) is 26.6. The first kappa shape index (κ1) is 23.0. The number of rotatable bonds is 6. The first-order chi connectivity index (χ1) is 15.4. The van der Waals surface area contributed by atoms with Crippen molar-refractivity contribution in [1.29, 1.82) is 0 Å². The van der Waals surface area contributed by atoms with Crippen molar-refractivity contribution in [3.8, 4) is 5.75 Å². The van der Waals surface area contributed by atoms with Crippen LogP contribution in [0.3, 0.4) is 0 Å². The Hall–Kier alpha value is -2.17. The van der Waals surface area contributed by atoms with Crippen molar-refractivity contribution >= 4 is 67.5 Å². The number of hydrogen-bond donors (Lipinski definition) is 0. The van der Waals surface area contributed by atoms with Crippen LogP contribution < -0.4 is 4.74 Å². The molecule has 2 amide bonds. The van der Waals surface area contributed by atoms with Gasteiger partial charge in [-0.1, -0.05) is 46.3 Å². The monoisotopic (exact) mass is 623 g/mol. The van der Waals surface area contributed by atoms with Crippen LogP contribution in [0, 0.1) is 9.39 Å². The van der Waals surface area contributed by atoms with E-state index in [-0.39, 0.29) is 23.5 Å². The summed E-state index contributed by atoms with van der Waals surface area (Å²) in [5, 5.41) is -0.338. The molecule has 0 radical (unpaired) electrons. The van der Waals surface area contributed by atoms with Crippen molar-refractivity contribution in [3.05, 3.63) is 102 Å². The van der Waals surface area contributed by atoms with Gasteiger partial charge >= 0.3 is 0 Å². The topological polar surface area (TPSA) is 46.6 Å². The molecule has 0 atom stereocenters. The molecule has 3 aromatic carbocycles. The zero-order valence-corrected chi connectivity index (χ0v) is 21.1. The largest absolute Gasteiger partial charge is 0.488 e. The molecule has 0 unspecified atom stereocenters. The van der Waals surface area contributed by atoms with Crippen molar-refractivity contribution in [2.45, 2.75) is 13.2 Å². The number of carbonyl (C=O) groups excluding carboxylic acids is 2. The van der Waals surface area contributed by atoms with Crippen LogP contribution in [0.1, 0.15) is 16.7 Å². The van der Waals surface area contributed by atoms with E-state index in [0.29, 0.717) is 17.1 Å². The third-order valence-corrected chi connectivity index (χ3v) is 6.97.